The minimum absolute atomic E-state index is 0.0348. The molecule has 2 aromatic carbocycles. The molecule has 0 aliphatic carbocycles. The van der Waals surface area contributed by atoms with E-state index in [2.05, 4.69) is 15.2 Å². The smallest absolute Gasteiger partial charge is 0.278 e. The number of benzene rings is 2. The fraction of sp³-hybridized carbons (Fsp3) is 0.217. The molecule has 156 valence electrons. The third-order valence-corrected chi connectivity index (χ3v) is 5.75. The lowest BCUT2D eigenvalue weighted by Gasteiger charge is -2.27. The van der Waals surface area contributed by atoms with Gasteiger partial charge in [-0.05, 0) is 29.8 Å². The molecular formula is C23H20ClN5O2. The molecule has 0 N–H and O–H groups in total. The van der Waals surface area contributed by atoms with E-state index in [9.17, 15) is 4.79 Å². The molecule has 1 amide bonds. The number of amides is 1. The summed E-state index contributed by atoms with van der Waals surface area (Å²) in [6.45, 7) is 1.06. The molecule has 5 rings (SSSR count). The summed E-state index contributed by atoms with van der Waals surface area (Å²) in [4.78, 5) is 19.4. The highest BCUT2D eigenvalue weighted by atomic mass is 35.5. The maximum atomic E-state index is 13.0. The van der Waals surface area contributed by atoms with Gasteiger partial charge in [0, 0.05) is 48.3 Å². The number of hydrogen-bond acceptors (Lipinski definition) is 5. The van der Waals surface area contributed by atoms with Crippen LogP contribution in [0.25, 0.3) is 11.6 Å². The molecule has 1 aliphatic rings. The average Bonchev–Trinajstić information content (AvgIpc) is 3.38. The van der Waals surface area contributed by atoms with Crippen molar-refractivity contribution in [3.05, 3.63) is 87.8 Å². The molecule has 0 radical (unpaired) electrons. The van der Waals surface area contributed by atoms with Crippen LogP contribution in [0.3, 0.4) is 0 Å². The van der Waals surface area contributed by atoms with E-state index >= 15 is 0 Å². The number of aryl methyl sites for hydroxylation is 1. The quantitative estimate of drug-likeness (QED) is 0.487. The van der Waals surface area contributed by atoms with Gasteiger partial charge in [-0.1, -0.05) is 47.1 Å². The summed E-state index contributed by atoms with van der Waals surface area (Å²) in [5, 5.41) is 9.36. The van der Waals surface area contributed by atoms with Crippen LogP contribution in [-0.2, 0) is 26.4 Å². The lowest BCUT2D eigenvalue weighted by atomic mass is 10.0. The first-order chi connectivity index (χ1) is 15.1. The molecule has 31 heavy (non-hydrogen) atoms. The van der Waals surface area contributed by atoms with E-state index in [0.29, 0.717) is 53.9 Å². The van der Waals surface area contributed by atoms with Gasteiger partial charge in [0.05, 0.1) is 6.54 Å². The molecular weight excluding hydrogens is 414 g/mol. The zero-order chi connectivity index (χ0) is 21.4. The highest BCUT2D eigenvalue weighted by Crippen LogP contribution is 2.29. The number of halogens is 1. The van der Waals surface area contributed by atoms with Crippen LogP contribution >= 0.6 is 11.6 Å². The molecule has 4 aromatic rings. The van der Waals surface area contributed by atoms with Gasteiger partial charge in [0.2, 0.25) is 0 Å². The molecule has 0 bridgehead atoms. The zero-order valence-electron chi connectivity index (χ0n) is 17.0. The van der Waals surface area contributed by atoms with Gasteiger partial charge in [0.1, 0.15) is 0 Å². The van der Waals surface area contributed by atoms with Crippen LogP contribution in [-0.4, -0.2) is 37.3 Å². The van der Waals surface area contributed by atoms with Gasteiger partial charge < -0.3 is 9.42 Å². The van der Waals surface area contributed by atoms with E-state index in [4.69, 9.17) is 16.1 Å². The Kier molecular flexibility index (Phi) is 5.03. The van der Waals surface area contributed by atoms with Crippen LogP contribution in [0, 0.1) is 0 Å². The van der Waals surface area contributed by atoms with Crippen molar-refractivity contribution >= 4 is 17.5 Å². The predicted octanol–water partition coefficient (Wildman–Crippen LogP) is 3.91. The lowest BCUT2D eigenvalue weighted by molar-refractivity contribution is 0.0733. The SMILES string of the molecule is Cn1nc(-c2nc(Cc3ccccc3)no2)c2c1CCN(C(=O)c1ccc(Cl)cc1)C2. The zero-order valence-corrected chi connectivity index (χ0v) is 17.7. The molecule has 0 spiro atoms. The molecule has 0 fully saturated rings. The Hall–Kier alpha value is -3.45. The predicted molar refractivity (Wildman–Crippen MR) is 116 cm³/mol. The first kappa shape index (κ1) is 19.5. The van der Waals surface area contributed by atoms with Crippen LogP contribution in [0.4, 0.5) is 0 Å². The van der Waals surface area contributed by atoms with Crippen LogP contribution < -0.4 is 0 Å². The minimum Gasteiger partial charge on any atom is -0.334 e. The molecule has 0 unspecified atom stereocenters. The number of aromatic nitrogens is 4. The van der Waals surface area contributed by atoms with Crippen LogP contribution in [0.2, 0.25) is 5.02 Å². The highest BCUT2D eigenvalue weighted by molar-refractivity contribution is 6.30. The van der Waals surface area contributed by atoms with Crippen molar-refractivity contribution in [1.29, 1.82) is 0 Å². The van der Waals surface area contributed by atoms with E-state index in [-0.39, 0.29) is 5.91 Å². The molecule has 3 heterocycles. The van der Waals surface area contributed by atoms with Gasteiger partial charge >= 0.3 is 0 Å². The van der Waals surface area contributed by atoms with Crippen molar-refractivity contribution in [2.45, 2.75) is 19.4 Å². The summed E-state index contributed by atoms with van der Waals surface area (Å²) < 4.78 is 7.38. The third kappa shape index (κ3) is 3.84. The van der Waals surface area contributed by atoms with E-state index in [1.54, 1.807) is 24.3 Å². The Morgan fingerprint density at radius 2 is 1.90 bits per heavy atom. The summed E-state index contributed by atoms with van der Waals surface area (Å²) in [6, 6.07) is 16.9. The van der Waals surface area contributed by atoms with Crippen LogP contribution in [0.15, 0.2) is 59.1 Å². The van der Waals surface area contributed by atoms with Crippen molar-refractivity contribution in [2.75, 3.05) is 6.54 Å². The topological polar surface area (TPSA) is 77.1 Å². The van der Waals surface area contributed by atoms with E-state index in [1.165, 1.54) is 0 Å². The van der Waals surface area contributed by atoms with Crippen molar-refractivity contribution in [1.82, 2.24) is 24.8 Å². The van der Waals surface area contributed by atoms with Crippen molar-refractivity contribution in [2.24, 2.45) is 7.05 Å². The molecule has 1 aliphatic heterocycles. The van der Waals surface area contributed by atoms with Crippen molar-refractivity contribution < 1.29 is 9.32 Å². The van der Waals surface area contributed by atoms with Gasteiger partial charge in [-0.15, -0.1) is 0 Å². The second-order valence-corrected chi connectivity index (χ2v) is 8.00. The summed E-state index contributed by atoms with van der Waals surface area (Å²) in [5.74, 6) is 0.946. The first-order valence-corrected chi connectivity index (χ1v) is 10.4. The second kappa shape index (κ2) is 8.00. The largest absolute Gasteiger partial charge is 0.334 e. The normalized spacial score (nSPS) is 13.3. The maximum absolute atomic E-state index is 13.0. The van der Waals surface area contributed by atoms with Crippen LogP contribution in [0.5, 0.6) is 0 Å². The van der Waals surface area contributed by atoms with Crippen LogP contribution in [0.1, 0.15) is 33.0 Å². The van der Waals surface area contributed by atoms with Crippen molar-refractivity contribution in [3.63, 3.8) is 0 Å². The Balaban J connectivity index is 1.41. The van der Waals surface area contributed by atoms with Gasteiger partial charge in [-0.3, -0.25) is 9.48 Å². The molecule has 8 heteroatoms. The average molecular weight is 434 g/mol. The van der Waals surface area contributed by atoms with E-state index in [1.807, 2.05) is 47.0 Å². The summed E-state index contributed by atoms with van der Waals surface area (Å²) in [5.41, 5.74) is 4.39. The van der Waals surface area contributed by atoms with Crippen molar-refractivity contribution in [3.8, 4) is 11.6 Å². The number of carbonyl (C=O) groups is 1. The Morgan fingerprint density at radius 1 is 1.13 bits per heavy atom. The fourth-order valence-corrected chi connectivity index (χ4v) is 4.04. The Morgan fingerprint density at radius 3 is 2.68 bits per heavy atom. The fourth-order valence-electron chi connectivity index (χ4n) is 3.91. The summed E-state index contributed by atoms with van der Waals surface area (Å²) in [7, 11) is 1.90. The lowest BCUT2D eigenvalue weighted by Crippen LogP contribution is -2.36. The van der Waals surface area contributed by atoms with Gasteiger partial charge in [0.25, 0.3) is 11.8 Å². The number of carbonyl (C=O) groups excluding carboxylic acids is 1. The molecule has 0 saturated carbocycles. The molecule has 7 nitrogen and oxygen atoms in total. The minimum atomic E-state index is -0.0348. The first-order valence-electron chi connectivity index (χ1n) is 10.0. The summed E-state index contributed by atoms with van der Waals surface area (Å²) >= 11 is 5.95. The van der Waals surface area contributed by atoms with Gasteiger partial charge in [-0.25, -0.2) is 0 Å². The summed E-state index contributed by atoms with van der Waals surface area (Å²) in [6.07, 6.45) is 1.30. The molecule has 0 saturated heterocycles. The third-order valence-electron chi connectivity index (χ3n) is 5.50. The molecule has 0 atom stereocenters. The Bertz CT molecular complexity index is 1230. The van der Waals surface area contributed by atoms with E-state index < -0.39 is 0 Å². The molecule has 2 aromatic heterocycles. The number of nitrogens with zero attached hydrogens (tertiary/aromatic N) is 5. The second-order valence-electron chi connectivity index (χ2n) is 7.56. The van der Waals surface area contributed by atoms with E-state index in [0.717, 1.165) is 16.8 Å². The number of rotatable bonds is 4. The monoisotopic (exact) mass is 433 g/mol. The number of hydrogen-bond donors (Lipinski definition) is 0. The Labute approximate surface area is 184 Å². The maximum Gasteiger partial charge on any atom is 0.278 e. The highest BCUT2D eigenvalue weighted by Gasteiger charge is 2.29. The number of fused-ring (bicyclic) bond motifs is 1. The van der Waals surface area contributed by atoms with Gasteiger partial charge in [-0.2, -0.15) is 10.1 Å². The van der Waals surface area contributed by atoms with Gasteiger partial charge in [0.15, 0.2) is 11.5 Å². The standard InChI is InChI=1S/C23H20ClN5O2/c1-28-19-11-12-29(23(30)16-7-9-17(24)10-8-16)14-18(19)21(26-28)22-25-20(27-31-22)13-15-5-3-2-4-6-15/h2-10H,11-14H2,1H3.